The van der Waals surface area contributed by atoms with E-state index in [1.807, 2.05) is 24.3 Å². The minimum atomic E-state index is -0.575. The van der Waals surface area contributed by atoms with Crippen LogP contribution < -0.4 is 9.47 Å². The van der Waals surface area contributed by atoms with Crippen LogP contribution in [0.1, 0.15) is 44.5 Å². The number of nitrogens with zero attached hydrogens (tertiary/aromatic N) is 4. The molecule has 6 heteroatoms. The van der Waals surface area contributed by atoms with E-state index < -0.39 is 10.8 Å². The molecule has 512 valence electrons. The average Bonchev–Trinajstić information content (AvgIpc) is 1.47. The summed E-state index contributed by atoms with van der Waals surface area (Å²) in [5, 5.41) is 2.20. The molecule has 22 rings (SSSR count). The lowest BCUT2D eigenvalue weighted by Crippen LogP contribution is -2.32. The van der Waals surface area contributed by atoms with Crippen LogP contribution in [0.3, 0.4) is 0 Å². The molecule has 6 nitrogen and oxygen atoms in total. The van der Waals surface area contributed by atoms with E-state index in [2.05, 4.69) is 364 Å². The number of benzene rings is 16. The molecule has 16 aromatic carbocycles. The molecule has 2 spiro atoms. The zero-order valence-electron chi connectivity index (χ0n) is 59.6. The molecule has 0 radical (unpaired) electrons. The number of fused-ring (bicyclic) bond motifs is 19. The zero-order chi connectivity index (χ0) is 72.4. The summed E-state index contributed by atoms with van der Waals surface area (Å²) in [5.41, 5.74) is 31.3. The predicted molar refractivity (Wildman–Crippen MR) is 444 cm³/mol. The monoisotopic (exact) mass is 1400 g/mol. The first-order valence-electron chi connectivity index (χ1n) is 37.5. The number of ether oxygens (including phenoxy) is 2. The van der Waals surface area contributed by atoms with Gasteiger partial charge in [0, 0.05) is 55.6 Å². The van der Waals surface area contributed by atoms with Gasteiger partial charge in [0.05, 0.1) is 33.6 Å². The van der Waals surface area contributed by atoms with Gasteiger partial charge in [0.1, 0.15) is 23.0 Å². The third kappa shape index (κ3) is 9.82. The van der Waals surface area contributed by atoms with Crippen molar-refractivity contribution in [3.05, 3.63) is 433 Å². The second-order valence-corrected chi connectivity index (χ2v) is 29.0. The molecule has 0 amide bonds. The standard InChI is InChI=1S/C104H64N4O2/c1-3-23-70(24-4-1)94-64-95(100-78-29-8-7-22-69(78)54-57-79(100)76-56-59-91-99(62-76)110-97-41-20-18-39-89(97)104(91)86-36-15-11-32-82(86)83-33-12-16-37-87(83)104)108-102(107-94)77-28-21-27-74(60-77)67-48-52-72(53-49-67)93-63-92(105-101(106-93)73-25-5-2-6-26-73)71-50-46-66(47-51-71)65-42-44-68(45-43-65)75-55-58-90-98(61-75)109-96-40-19-17-38-88(96)103(90)84-34-13-9-30-80(84)81-31-10-14-35-85(81)103/h1-64H. The molecule has 2 aliphatic carbocycles. The van der Waals surface area contributed by atoms with Crippen molar-refractivity contribution in [2.75, 3.05) is 0 Å². The lowest BCUT2D eigenvalue weighted by Gasteiger charge is -2.39. The third-order valence-electron chi connectivity index (χ3n) is 23.1. The van der Waals surface area contributed by atoms with Crippen LogP contribution in [-0.2, 0) is 10.8 Å². The van der Waals surface area contributed by atoms with Gasteiger partial charge in [-0.3, -0.25) is 0 Å². The van der Waals surface area contributed by atoms with Gasteiger partial charge in [-0.1, -0.05) is 346 Å². The maximum atomic E-state index is 7.09. The molecule has 110 heavy (non-hydrogen) atoms. The fraction of sp³-hybridized carbons (Fsp3) is 0.0192. The summed E-state index contributed by atoms with van der Waals surface area (Å²) in [6.45, 7) is 0. The number of hydrogen-bond acceptors (Lipinski definition) is 6. The highest BCUT2D eigenvalue weighted by Gasteiger charge is 2.53. The molecule has 0 N–H and O–H groups in total. The molecule has 4 aliphatic rings. The number of para-hydroxylation sites is 2. The van der Waals surface area contributed by atoms with E-state index in [4.69, 9.17) is 29.4 Å². The van der Waals surface area contributed by atoms with E-state index in [9.17, 15) is 0 Å². The van der Waals surface area contributed by atoms with Crippen LogP contribution >= 0.6 is 0 Å². The lowest BCUT2D eigenvalue weighted by atomic mass is 9.66. The third-order valence-corrected chi connectivity index (χ3v) is 23.1. The molecule has 0 saturated carbocycles. The molecule has 18 aromatic rings. The van der Waals surface area contributed by atoms with Gasteiger partial charge in [-0.25, -0.2) is 19.9 Å². The first-order valence-corrected chi connectivity index (χ1v) is 37.5. The summed E-state index contributed by atoms with van der Waals surface area (Å²) in [4.78, 5) is 21.5. The Morgan fingerprint density at radius 1 is 0.182 bits per heavy atom. The van der Waals surface area contributed by atoms with Gasteiger partial charge < -0.3 is 9.47 Å². The van der Waals surface area contributed by atoms with Gasteiger partial charge in [0.15, 0.2) is 11.6 Å². The van der Waals surface area contributed by atoms with Crippen LogP contribution in [0.5, 0.6) is 23.0 Å². The lowest BCUT2D eigenvalue weighted by molar-refractivity contribution is 0.436. The summed E-state index contributed by atoms with van der Waals surface area (Å²) >= 11 is 0. The largest absolute Gasteiger partial charge is 0.457 e. The Balaban J connectivity index is 0.576. The van der Waals surface area contributed by atoms with E-state index in [0.717, 1.165) is 151 Å². The van der Waals surface area contributed by atoms with Gasteiger partial charge in [-0.05, 0) is 142 Å². The number of hydrogen-bond donors (Lipinski definition) is 0. The Labute approximate surface area is 637 Å². The van der Waals surface area contributed by atoms with Crippen molar-refractivity contribution >= 4 is 10.8 Å². The summed E-state index contributed by atoms with van der Waals surface area (Å²) < 4.78 is 13.9. The van der Waals surface area contributed by atoms with Crippen LogP contribution in [0.25, 0.3) is 145 Å². The Kier molecular flexibility index (Phi) is 14.3. The Hall–Kier alpha value is -14.5. The van der Waals surface area contributed by atoms with Crippen molar-refractivity contribution in [1.29, 1.82) is 0 Å². The van der Waals surface area contributed by atoms with Crippen molar-refractivity contribution in [2.45, 2.75) is 10.8 Å². The molecular weight excluding hydrogens is 1340 g/mol. The maximum absolute atomic E-state index is 7.09. The second-order valence-electron chi connectivity index (χ2n) is 29.0. The second kappa shape index (κ2) is 25.1. The Morgan fingerprint density at radius 2 is 0.518 bits per heavy atom. The number of rotatable bonds is 10. The summed E-state index contributed by atoms with van der Waals surface area (Å²) in [5.74, 6) is 4.72. The first kappa shape index (κ1) is 62.9. The topological polar surface area (TPSA) is 70.0 Å². The van der Waals surface area contributed by atoms with E-state index in [1.54, 1.807) is 0 Å². The summed E-state index contributed by atoms with van der Waals surface area (Å²) in [6.07, 6.45) is 0. The van der Waals surface area contributed by atoms with Crippen molar-refractivity contribution in [3.8, 4) is 158 Å². The highest BCUT2D eigenvalue weighted by molar-refractivity contribution is 6.04. The molecule has 0 saturated heterocycles. The molecule has 2 aliphatic heterocycles. The van der Waals surface area contributed by atoms with Crippen LogP contribution in [-0.4, -0.2) is 19.9 Å². The maximum Gasteiger partial charge on any atom is 0.160 e. The highest BCUT2D eigenvalue weighted by Crippen LogP contribution is 2.64. The van der Waals surface area contributed by atoms with Gasteiger partial charge in [-0.15, -0.1) is 0 Å². The Morgan fingerprint density at radius 3 is 1.04 bits per heavy atom. The first-order chi connectivity index (χ1) is 54.5. The van der Waals surface area contributed by atoms with Crippen molar-refractivity contribution < 1.29 is 9.47 Å². The molecule has 0 fully saturated rings. The SMILES string of the molecule is c1ccc(-c2cc(-c3c(-c4ccc5c(c4)Oc4ccccc4C54c5ccccc5-c5ccccc54)ccc4ccccc34)nc(-c3cccc(-c4ccc(-c5cc(-c6ccc(-c7ccc(-c8ccc9c(c8)Oc8ccccc8C98c9ccccc9-c9ccccc98)cc7)cc6)nc(-c6ccccc6)n5)cc4)c3)n2)cc1. The fourth-order valence-electron chi connectivity index (χ4n) is 18.1. The zero-order valence-corrected chi connectivity index (χ0v) is 59.6. The normalized spacial score (nSPS) is 13.2. The minimum Gasteiger partial charge on any atom is -0.457 e. The van der Waals surface area contributed by atoms with E-state index in [-0.39, 0.29) is 0 Å². The van der Waals surface area contributed by atoms with Crippen molar-refractivity contribution in [2.24, 2.45) is 0 Å². The van der Waals surface area contributed by atoms with Crippen molar-refractivity contribution in [1.82, 2.24) is 19.9 Å². The fourth-order valence-corrected chi connectivity index (χ4v) is 18.1. The van der Waals surface area contributed by atoms with E-state index in [0.29, 0.717) is 11.6 Å². The smallest absolute Gasteiger partial charge is 0.160 e. The molecular formula is C104H64N4O2. The van der Waals surface area contributed by atoms with Crippen LogP contribution in [0.2, 0.25) is 0 Å². The van der Waals surface area contributed by atoms with Gasteiger partial charge in [-0.2, -0.15) is 0 Å². The predicted octanol–water partition coefficient (Wildman–Crippen LogP) is 26.0. The average molecular weight is 1400 g/mol. The number of aromatic nitrogens is 4. The van der Waals surface area contributed by atoms with Crippen LogP contribution in [0, 0.1) is 0 Å². The quantitative estimate of drug-likeness (QED) is 0.136. The van der Waals surface area contributed by atoms with Gasteiger partial charge in [0.25, 0.3) is 0 Å². The molecule has 2 aromatic heterocycles. The van der Waals surface area contributed by atoms with Crippen LogP contribution in [0.15, 0.2) is 388 Å². The molecule has 4 heterocycles. The minimum absolute atomic E-state index is 0.497. The van der Waals surface area contributed by atoms with E-state index in [1.165, 1.54) is 50.1 Å². The van der Waals surface area contributed by atoms with Gasteiger partial charge in [0.2, 0.25) is 0 Å². The summed E-state index contributed by atoms with van der Waals surface area (Å²) in [7, 11) is 0. The van der Waals surface area contributed by atoms with Crippen LogP contribution in [0.4, 0.5) is 0 Å². The summed E-state index contributed by atoms with van der Waals surface area (Å²) in [6, 6.07) is 139. The van der Waals surface area contributed by atoms with Crippen molar-refractivity contribution in [3.63, 3.8) is 0 Å². The Bertz CT molecular complexity index is 6680. The molecule has 0 unspecified atom stereocenters. The van der Waals surface area contributed by atoms with E-state index >= 15 is 0 Å². The molecule has 0 atom stereocenters. The highest BCUT2D eigenvalue weighted by atomic mass is 16.5. The van der Waals surface area contributed by atoms with Gasteiger partial charge >= 0.3 is 0 Å². The molecule has 0 bridgehead atoms.